The Hall–Kier alpha value is -1.56. The van der Waals surface area contributed by atoms with Gasteiger partial charge in [0.25, 0.3) is 0 Å². The highest BCUT2D eigenvalue weighted by Crippen LogP contribution is 2.52. The maximum atomic E-state index is 12.6. The maximum Gasteiger partial charge on any atom is 0.237 e. The van der Waals surface area contributed by atoms with Crippen molar-refractivity contribution in [2.75, 3.05) is 11.1 Å². The smallest absolute Gasteiger partial charge is 0.237 e. The lowest BCUT2D eigenvalue weighted by Gasteiger charge is -2.14. The second kappa shape index (κ2) is 8.01. The van der Waals surface area contributed by atoms with Gasteiger partial charge in [0.1, 0.15) is 5.41 Å². The zero-order valence-electron chi connectivity index (χ0n) is 14.6. The number of nitrogens with one attached hydrogen (secondary N) is 1. The summed E-state index contributed by atoms with van der Waals surface area (Å²) in [4.78, 5) is 24.5. The third-order valence-electron chi connectivity index (χ3n) is 4.41. The molecule has 0 bridgehead atoms. The molecule has 0 spiro atoms. The average molecular weight is 350 g/mol. The zero-order valence-corrected chi connectivity index (χ0v) is 15.4. The lowest BCUT2D eigenvalue weighted by molar-refractivity contribution is -0.501. The molecule has 1 aliphatic rings. The summed E-state index contributed by atoms with van der Waals surface area (Å²) < 4.78 is 0. The highest BCUT2D eigenvalue weighted by Gasteiger charge is 2.68. The number of nitrogens with zero attached hydrogens (tertiary/aromatic N) is 1. The van der Waals surface area contributed by atoms with Crippen molar-refractivity contribution in [3.63, 3.8) is 0 Å². The van der Waals surface area contributed by atoms with Crippen LogP contribution in [0.4, 0.5) is 5.69 Å². The van der Waals surface area contributed by atoms with Gasteiger partial charge < -0.3 is 5.32 Å². The minimum absolute atomic E-state index is 0.208. The van der Waals surface area contributed by atoms with Gasteiger partial charge in [-0.25, -0.2) is 0 Å². The van der Waals surface area contributed by atoms with Crippen LogP contribution in [0.5, 0.6) is 0 Å². The van der Waals surface area contributed by atoms with Gasteiger partial charge in [-0.2, -0.15) is 0 Å². The maximum absolute atomic E-state index is 12.6. The van der Waals surface area contributed by atoms with Crippen LogP contribution in [-0.2, 0) is 4.79 Å². The lowest BCUT2D eigenvalue weighted by atomic mass is 9.97. The molecule has 1 saturated carbocycles. The molecular formula is C18H26N2O3S. The van der Waals surface area contributed by atoms with E-state index >= 15 is 0 Å². The SMILES string of the molecule is CCCCC1(C(=O)Nc2ccc(SCC(C)C)cc2)CC1[N+](=O)[O-]. The van der Waals surface area contributed by atoms with Crippen molar-refractivity contribution in [3.8, 4) is 0 Å². The first-order chi connectivity index (χ1) is 11.4. The molecule has 1 fully saturated rings. The van der Waals surface area contributed by atoms with Gasteiger partial charge in [-0.1, -0.05) is 33.6 Å². The van der Waals surface area contributed by atoms with E-state index in [0.29, 0.717) is 24.4 Å². The van der Waals surface area contributed by atoms with Crippen LogP contribution in [0.1, 0.15) is 46.5 Å². The van der Waals surface area contributed by atoms with E-state index in [2.05, 4.69) is 19.2 Å². The largest absolute Gasteiger partial charge is 0.325 e. The normalized spacial score (nSPS) is 22.4. The van der Waals surface area contributed by atoms with Crippen LogP contribution in [0.15, 0.2) is 29.2 Å². The van der Waals surface area contributed by atoms with Crippen LogP contribution in [0.25, 0.3) is 0 Å². The summed E-state index contributed by atoms with van der Waals surface area (Å²) in [7, 11) is 0. The molecule has 2 atom stereocenters. The molecule has 1 aromatic carbocycles. The number of amides is 1. The molecule has 1 amide bonds. The Labute approximate surface area is 147 Å². The zero-order chi connectivity index (χ0) is 17.7. The van der Waals surface area contributed by atoms with E-state index in [4.69, 9.17) is 0 Å². The molecule has 0 radical (unpaired) electrons. The fourth-order valence-electron chi connectivity index (χ4n) is 2.83. The summed E-state index contributed by atoms with van der Waals surface area (Å²) in [6, 6.07) is 6.98. The fourth-order valence-corrected chi connectivity index (χ4v) is 3.69. The third kappa shape index (κ3) is 4.50. The Bertz CT molecular complexity index is 588. The lowest BCUT2D eigenvalue weighted by Crippen LogP contribution is -2.29. The summed E-state index contributed by atoms with van der Waals surface area (Å²) in [6.07, 6.45) is 2.71. The summed E-state index contributed by atoms with van der Waals surface area (Å²) in [5.74, 6) is 1.47. The number of thioether (sulfide) groups is 1. The van der Waals surface area contributed by atoms with Crippen LogP contribution < -0.4 is 5.32 Å². The van der Waals surface area contributed by atoms with Gasteiger partial charge in [0, 0.05) is 27.7 Å². The first-order valence-electron chi connectivity index (χ1n) is 8.57. The van der Waals surface area contributed by atoms with Gasteiger partial charge >= 0.3 is 0 Å². The number of rotatable bonds is 9. The summed E-state index contributed by atoms with van der Waals surface area (Å²) in [5, 5.41) is 14.0. The van der Waals surface area contributed by atoms with Crippen LogP contribution in [-0.4, -0.2) is 22.6 Å². The van der Waals surface area contributed by atoms with E-state index in [9.17, 15) is 14.9 Å². The monoisotopic (exact) mass is 350 g/mol. The van der Waals surface area contributed by atoms with Crippen molar-refractivity contribution in [2.45, 2.75) is 57.4 Å². The Kier molecular flexibility index (Phi) is 6.27. The molecular weight excluding hydrogens is 324 g/mol. The number of anilines is 1. The molecule has 0 saturated heterocycles. The van der Waals surface area contributed by atoms with Crippen LogP contribution in [0.3, 0.4) is 0 Å². The van der Waals surface area contributed by atoms with E-state index in [-0.39, 0.29) is 10.8 Å². The topological polar surface area (TPSA) is 72.2 Å². The second-order valence-electron chi connectivity index (χ2n) is 6.95. The van der Waals surface area contributed by atoms with Crippen molar-refractivity contribution in [2.24, 2.45) is 11.3 Å². The number of benzene rings is 1. The van der Waals surface area contributed by atoms with Crippen molar-refractivity contribution >= 4 is 23.4 Å². The number of nitro groups is 1. The number of hydrogen-bond donors (Lipinski definition) is 1. The minimum Gasteiger partial charge on any atom is -0.325 e. The first kappa shape index (κ1) is 18.8. The molecule has 132 valence electrons. The van der Waals surface area contributed by atoms with Crippen molar-refractivity contribution < 1.29 is 9.72 Å². The van der Waals surface area contributed by atoms with Crippen LogP contribution in [0.2, 0.25) is 0 Å². The highest BCUT2D eigenvalue weighted by atomic mass is 32.2. The van der Waals surface area contributed by atoms with Gasteiger partial charge in [-0.05, 0) is 36.6 Å². The molecule has 0 heterocycles. The molecule has 2 unspecified atom stereocenters. The fraction of sp³-hybridized carbons (Fsp3) is 0.611. The molecule has 2 rings (SSSR count). The predicted octanol–water partition coefficient (Wildman–Crippen LogP) is 4.60. The van der Waals surface area contributed by atoms with E-state index in [0.717, 1.165) is 23.5 Å². The molecule has 24 heavy (non-hydrogen) atoms. The Morgan fingerprint density at radius 3 is 2.58 bits per heavy atom. The average Bonchev–Trinajstić information content (AvgIpc) is 3.28. The molecule has 0 aliphatic heterocycles. The van der Waals surface area contributed by atoms with E-state index < -0.39 is 11.5 Å². The molecule has 0 aromatic heterocycles. The number of hydrogen-bond acceptors (Lipinski definition) is 4. The van der Waals surface area contributed by atoms with Gasteiger partial charge in [-0.15, -0.1) is 11.8 Å². The Morgan fingerprint density at radius 2 is 2.08 bits per heavy atom. The van der Waals surface area contributed by atoms with Crippen molar-refractivity contribution in [3.05, 3.63) is 34.4 Å². The number of unbranched alkanes of at least 4 members (excludes halogenated alkanes) is 1. The van der Waals surface area contributed by atoms with Gasteiger partial charge in [0.05, 0.1) is 0 Å². The van der Waals surface area contributed by atoms with Gasteiger partial charge in [0.2, 0.25) is 11.9 Å². The predicted molar refractivity (Wildman–Crippen MR) is 98.0 cm³/mol. The van der Waals surface area contributed by atoms with Crippen molar-refractivity contribution in [1.29, 1.82) is 0 Å². The summed E-state index contributed by atoms with van der Waals surface area (Å²) >= 11 is 1.79. The molecule has 1 aromatic rings. The Balaban J connectivity index is 1.98. The quantitative estimate of drug-likeness (QED) is 0.401. The van der Waals surface area contributed by atoms with Crippen LogP contribution >= 0.6 is 11.8 Å². The number of carbonyl (C=O) groups excluding carboxylic acids is 1. The molecule has 5 nitrogen and oxygen atoms in total. The molecule has 6 heteroatoms. The van der Waals surface area contributed by atoms with Crippen LogP contribution in [0, 0.1) is 21.4 Å². The second-order valence-corrected chi connectivity index (χ2v) is 8.04. The van der Waals surface area contributed by atoms with E-state index in [1.54, 1.807) is 11.8 Å². The van der Waals surface area contributed by atoms with Crippen molar-refractivity contribution in [1.82, 2.24) is 0 Å². The third-order valence-corrected chi connectivity index (χ3v) is 5.85. The summed E-state index contributed by atoms with van der Waals surface area (Å²) in [6.45, 7) is 6.39. The highest BCUT2D eigenvalue weighted by molar-refractivity contribution is 7.99. The van der Waals surface area contributed by atoms with E-state index in [1.165, 1.54) is 0 Å². The summed E-state index contributed by atoms with van der Waals surface area (Å²) in [5.41, 5.74) is -0.108. The molecule has 1 aliphatic carbocycles. The van der Waals surface area contributed by atoms with E-state index in [1.807, 2.05) is 31.2 Å². The minimum atomic E-state index is -0.815. The Morgan fingerprint density at radius 1 is 1.42 bits per heavy atom. The van der Waals surface area contributed by atoms with Gasteiger partial charge in [0.15, 0.2) is 0 Å². The molecule has 1 N–H and O–H groups in total. The number of carbonyl (C=O) groups is 1. The first-order valence-corrected chi connectivity index (χ1v) is 9.55. The standard InChI is InChI=1S/C18H26N2O3S/c1-4-5-10-18(11-16(18)20(22)23)17(21)19-14-6-8-15(9-7-14)24-12-13(2)3/h6-9,13,16H,4-5,10-12H2,1-3H3,(H,19,21). The van der Waals surface area contributed by atoms with Gasteiger partial charge in [-0.3, -0.25) is 14.9 Å².